The molecule has 0 fully saturated rings. The Labute approximate surface area is 93.0 Å². The maximum Gasteiger partial charge on any atom is 0.247 e. The molecule has 5 heteroatoms. The van der Waals surface area contributed by atoms with Crippen molar-refractivity contribution in [1.82, 2.24) is 5.32 Å². The highest BCUT2D eigenvalue weighted by Gasteiger charge is 2.27. The minimum absolute atomic E-state index is 0.215. The Balaban J connectivity index is 2.28. The predicted octanol–water partition coefficient (Wildman–Crippen LogP) is 0.268. The van der Waals surface area contributed by atoms with Crippen LogP contribution in [0.25, 0.3) is 0 Å². The Morgan fingerprint density at radius 2 is 2.31 bits per heavy atom. The predicted molar refractivity (Wildman–Crippen MR) is 60.8 cm³/mol. The molecule has 1 aliphatic rings. The van der Waals surface area contributed by atoms with Gasteiger partial charge < -0.3 is 16.4 Å². The largest absolute Gasteiger partial charge is 0.397 e. The van der Waals surface area contributed by atoms with E-state index in [1.807, 2.05) is 12.1 Å². The quantitative estimate of drug-likeness (QED) is 0.593. The molecule has 84 valence electrons. The first-order valence-electron chi connectivity index (χ1n) is 5.03. The molecule has 1 aliphatic heterocycles. The van der Waals surface area contributed by atoms with Gasteiger partial charge in [-0.2, -0.15) is 0 Å². The van der Waals surface area contributed by atoms with Crippen LogP contribution in [-0.4, -0.2) is 17.9 Å². The topological polar surface area (TPSA) is 84.2 Å². The summed E-state index contributed by atoms with van der Waals surface area (Å²) in [5, 5.41) is 5.31. The molecule has 1 atom stereocenters. The number of fused-ring (bicyclic) bond motifs is 1. The van der Waals surface area contributed by atoms with Crippen LogP contribution in [0.2, 0.25) is 0 Å². The van der Waals surface area contributed by atoms with E-state index in [-0.39, 0.29) is 11.8 Å². The second-order valence-electron chi connectivity index (χ2n) is 3.83. The molecule has 0 bridgehead atoms. The zero-order chi connectivity index (χ0) is 11.7. The van der Waals surface area contributed by atoms with Gasteiger partial charge in [0, 0.05) is 13.3 Å². The van der Waals surface area contributed by atoms with Crippen LogP contribution in [0.3, 0.4) is 0 Å². The Morgan fingerprint density at radius 1 is 1.56 bits per heavy atom. The molecule has 2 amide bonds. The smallest absolute Gasteiger partial charge is 0.247 e. The van der Waals surface area contributed by atoms with Crippen LogP contribution in [0.5, 0.6) is 0 Å². The van der Waals surface area contributed by atoms with Crippen molar-refractivity contribution in [3.63, 3.8) is 0 Å². The van der Waals surface area contributed by atoms with Crippen LogP contribution in [-0.2, 0) is 16.0 Å². The average Bonchev–Trinajstić information content (AvgIpc) is 2.20. The number of hydrogen-bond acceptors (Lipinski definition) is 3. The Kier molecular flexibility index (Phi) is 2.52. The van der Waals surface area contributed by atoms with Gasteiger partial charge in [-0.1, -0.05) is 12.1 Å². The molecule has 4 N–H and O–H groups in total. The molecule has 0 saturated carbocycles. The first kappa shape index (κ1) is 10.5. The van der Waals surface area contributed by atoms with Crippen molar-refractivity contribution < 1.29 is 9.59 Å². The molecule has 0 aliphatic carbocycles. The number of anilines is 2. The van der Waals surface area contributed by atoms with E-state index < -0.39 is 6.04 Å². The van der Waals surface area contributed by atoms with Crippen molar-refractivity contribution in [2.75, 3.05) is 11.1 Å². The van der Waals surface area contributed by atoms with Crippen molar-refractivity contribution in [3.05, 3.63) is 23.8 Å². The summed E-state index contributed by atoms with van der Waals surface area (Å²) in [5.41, 5.74) is 7.90. The molecule has 0 radical (unpaired) electrons. The number of benzene rings is 1. The third-order valence-electron chi connectivity index (χ3n) is 2.55. The van der Waals surface area contributed by atoms with Crippen molar-refractivity contribution in [3.8, 4) is 0 Å². The van der Waals surface area contributed by atoms with E-state index in [4.69, 9.17) is 5.73 Å². The van der Waals surface area contributed by atoms with Gasteiger partial charge in [0.2, 0.25) is 11.8 Å². The van der Waals surface area contributed by atoms with E-state index in [2.05, 4.69) is 10.6 Å². The van der Waals surface area contributed by atoms with Crippen LogP contribution >= 0.6 is 0 Å². The summed E-state index contributed by atoms with van der Waals surface area (Å²) in [4.78, 5) is 22.6. The highest BCUT2D eigenvalue weighted by Crippen LogP contribution is 2.28. The number of hydrogen-bond donors (Lipinski definition) is 3. The maximum atomic E-state index is 11.7. The first-order valence-corrected chi connectivity index (χ1v) is 5.03. The van der Waals surface area contributed by atoms with Gasteiger partial charge in [-0.05, 0) is 11.6 Å². The van der Waals surface area contributed by atoms with Gasteiger partial charge in [-0.25, -0.2) is 0 Å². The number of carbonyl (C=O) groups is 2. The van der Waals surface area contributed by atoms with Crippen LogP contribution in [0, 0.1) is 0 Å². The molecule has 0 spiro atoms. The highest BCUT2D eigenvalue weighted by molar-refractivity contribution is 6.02. The lowest BCUT2D eigenvalue weighted by Crippen LogP contribution is -2.47. The summed E-state index contributed by atoms with van der Waals surface area (Å²) >= 11 is 0. The van der Waals surface area contributed by atoms with E-state index in [0.29, 0.717) is 17.8 Å². The summed E-state index contributed by atoms with van der Waals surface area (Å²) in [6, 6.07) is 4.95. The summed E-state index contributed by atoms with van der Waals surface area (Å²) in [5.74, 6) is -0.437. The lowest BCUT2D eigenvalue weighted by Gasteiger charge is -2.25. The van der Waals surface area contributed by atoms with Crippen LogP contribution in [0.4, 0.5) is 11.4 Å². The molecule has 5 nitrogen and oxygen atoms in total. The van der Waals surface area contributed by atoms with Gasteiger partial charge in [-0.3, -0.25) is 9.59 Å². The van der Waals surface area contributed by atoms with E-state index in [9.17, 15) is 9.59 Å². The highest BCUT2D eigenvalue weighted by atomic mass is 16.2. The summed E-state index contributed by atoms with van der Waals surface area (Å²) in [6.45, 7) is 1.39. The third-order valence-corrected chi connectivity index (χ3v) is 2.55. The van der Waals surface area contributed by atoms with Gasteiger partial charge in [0.05, 0.1) is 11.4 Å². The summed E-state index contributed by atoms with van der Waals surface area (Å²) in [6.07, 6.45) is 0.478. The van der Waals surface area contributed by atoms with Crippen molar-refractivity contribution in [2.24, 2.45) is 0 Å². The molecule has 16 heavy (non-hydrogen) atoms. The fraction of sp³-hybridized carbons (Fsp3) is 0.273. The van der Waals surface area contributed by atoms with E-state index in [0.717, 1.165) is 5.56 Å². The Hall–Kier alpha value is -2.04. The molecule has 1 aromatic rings. The van der Waals surface area contributed by atoms with Gasteiger partial charge in [0.1, 0.15) is 6.04 Å². The van der Waals surface area contributed by atoms with Crippen molar-refractivity contribution >= 4 is 23.2 Å². The second kappa shape index (κ2) is 3.84. The van der Waals surface area contributed by atoms with Crippen molar-refractivity contribution in [2.45, 2.75) is 19.4 Å². The van der Waals surface area contributed by atoms with E-state index in [1.165, 1.54) is 6.92 Å². The number of amides is 2. The minimum Gasteiger partial charge on any atom is -0.397 e. The minimum atomic E-state index is -0.508. The molecule has 1 aromatic carbocycles. The standard InChI is InChI=1S/C11H13N3O2/c1-6(15)13-9-5-7-3-2-4-8(12)10(7)14-11(9)16/h2-4,9H,5,12H2,1H3,(H,13,15)(H,14,16). The van der Waals surface area contributed by atoms with Gasteiger partial charge in [0.15, 0.2) is 0 Å². The number of nitrogen functional groups attached to an aromatic ring is 1. The Morgan fingerprint density at radius 3 is 3.00 bits per heavy atom. The monoisotopic (exact) mass is 219 g/mol. The fourth-order valence-corrected chi connectivity index (χ4v) is 1.83. The number of carbonyl (C=O) groups excluding carboxylic acids is 2. The lowest BCUT2D eigenvalue weighted by molar-refractivity contribution is -0.125. The molecule has 1 unspecified atom stereocenters. The van der Waals surface area contributed by atoms with Crippen LogP contribution < -0.4 is 16.4 Å². The van der Waals surface area contributed by atoms with Gasteiger partial charge >= 0.3 is 0 Å². The van der Waals surface area contributed by atoms with Gasteiger partial charge in [0.25, 0.3) is 0 Å². The molecular formula is C11H13N3O2. The van der Waals surface area contributed by atoms with E-state index in [1.54, 1.807) is 6.07 Å². The molecular weight excluding hydrogens is 206 g/mol. The van der Waals surface area contributed by atoms with Crippen LogP contribution in [0.15, 0.2) is 18.2 Å². The number of nitrogens with one attached hydrogen (secondary N) is 2. The Bertz CT molecular complexity index is 457. The SMILES string of the molecule is CC(=O)NC1Cc2cccc(N)c2NC1=O. The fourth-order valence-electron chi connectivity index (χ4n) is 1.83. The lowest BCUT2D eigenvalue weighted by atomic mass is 9.98. The third kappa shape index (κ3) is 1.84. The van der Waals surface area contributed by atoms with Gasteiger partial charge in [-0.15, -0.1) is 0 Å². The molecule has 0 saturated heterocycles. The first-order chi connectivity index (χ1) is 7.58. The van der Waals surface area contributed by atoms with Crippen LogP contribution in [0.1, 0.15) is 12.5 Å². The zero-order valence-electron chi connectivity index (χ0n) is 8.91. The molecule has 2 rings (SSSR count). The maximum absolute atomic E-state index is 11.7. The number of para-hydroxylation sites is 1. The normalized spacial score (nSPS) is 18.6. The summed E-state index contributed by atoms with van der Waals surface area (Å²) < 4.78 is 0. The van der Waals surface area contributed by atoms with E-state index >= 15 is 0 Å². The second-order valence-corrected chi connectivity index (χ2v) is 3.83. The van der Waals surface area contributed by atoms with Crippen molar-refractivity contribution in [1.29, 1.82) is 0 Å². The zero-order valence-corrected chi connectivity index (χ0v) is 8.91. The molecule has 1 heterocycles. The molecule has 0 aromatic heterocycles. The summed E-state index contributed by atoms with van der Waals surface area (Å²) in [7, 11) is 0. The average molecular weight is 219 g/mol. The number of rotatable bonds is 1. The number of nitrogens with two attached hydrogens (primary N) is 1.